The molecule has 0 saturated heterocycles. The number of aromatic nitrogens is 3. The maximum atomic E-state index is 12.7. The lowest BCUT2D eigenvalue weighted by Crippen LogP contribution is -2.13. The van der Waals surface area contributed by atoms with Gasteiger partial charge in [-0.25, -0.2) is 9.37 Å². The Labute approximate surface area is 92.7 Å². The van der Waals surface area contributed by atoms with Crippen LogP contribution in [-0.2, 0) is 6.42 Å². The molecule has 1 aromatic carbocycles. The van der Waals surface area contributed by atoms with Crippen LogP contribution in [0, 0.1) is 5.82 Å². The van der Waals surface area contributed by atoms with Gasteiger partial charge in [-0.05, 0) is 17.7 Å². The van der Waals surface area contributed by atoms with E-state index in [9.17, 15) is 4.39 Å². The lowest BCUT2D eigenvalue weighted by molar-refractivity contribution is 0.626. The molecule has 3 N–H and O–H groups in total. The highest BCUT2D eigenvalue weighted by atomic mass is 19.1. The number of nitrogens with one attached hydrogen (secondary N) is 1. The van der Waals surface area contributed by atoms with Crippen LogP contribution in [0.3, 0.4) is 0 Å². The molecule has 84 valence electrons. The molecule has 0 aliphatic rings. The molecule has 1 heterocycles. The molecule has 1 aromatic heterocycles. The Morgan fingerprint density at radius 1 is 1.38 bits per heavy atom. The summed E-state index contributed by atoms with van der Waals surface area (Å²) >= 11 is 0. The van der Waals surface area contributed by atoms with Crippen LogP contribution in [0.1, 0.15) is 30.2 Å². The molecule has 0 aliphatic heterocycles. The highest BCUT2D eigenvalue weighted by molar-refractivity contribution is 5.24. The lowest BCUT2D eigenvalue weighted by Gasteiger charge is -2.07. The summed E-state index contributed by atoms with van der Waals surface area (Å²) in [6.07, 6.45) is 0.781. The van der Waals surface area contributed by atoms with Crippen molar-refractivity contribution in [3.63, 3.8) is 0 Å². The predicted octanol–water partition coefficient (Wildman–Crippen LogP) is 1.55. The van der Waals surface area contributed by atoms with Gasteiger partial charge in [0.2, 0.25) is 0 Å². The number of nitrogens with two attached hydrogens (primary N) is 1. The second-order valence-corrected chi connectivity index (χ2v) is 3.52. The van der Waals surface area contributed by atoms with Crippen LogP contribution in [0.15, 0.2) is 24.3 Å². The molecule has 0 unspecified atom stereocenters. The molecule has 0 amide bonds. The Hall–Kier alpha value is -1.75. The molecule has 0 fully saturated rings. The summed E-state index contributed by atoms with van der Waals surface area (Å²) in [5, 5.41) is 6.83. The van der Waals surface area contributed by atoms with Crippen LogP contribution < -0.4 is 5.73 Å². The number of nitrogens with zero attached hydrogens (tertiary/aromatic N) is 2. The molecule has 0 spiro atoms. The summed E-state index contributed by atoms with van der Waals surface area (Å²) in [4.78, 5) is 4.24. The number of rotatable bonds is 3. The quantitative estimate of drug-likeness (QED) is 0.824. The second kappa shape index (κ2) is 4.40. The van der Waals surface area contributed by atoms with Crippen molar-refractivity contribution in [1.29, 1.82) is 0 Å². The maximum Gasteiger partial charge on any atom is 0.171 e. The van der Waals surface area contributed by atoms with Gasteiger partial charge in [0, 0.05) is 6.42 Å². The molecule has 0 bridgehead atoms. The first-order valence-corrected chi connectivity index (χ1v) is 5.13. The summed E-state index contributed by atoms with van der Waals surface area (Å²) < 4.78 is 12.7. The van der Waals surface area contributed by atoms with Gasteiger partial charge in [0.15, 0.2) is 5.82 Å². The smallest absolute Gasteiger partial charge is 0.171 e. The molecule has 2 aromatic rings. The molecular weight excluding hydrogens is 207 g/mol. The minimum Gasteiger partial charge on any atom is -0.318 e. The lowest BCUT2D eigenvalue weighted by atomic mass is 10.1. The minimum absolute atomic E-state index is 0.278. The molecule has 4 nitrogen and oxygen atoms in total. The number of benzene rings is 1. The van der Waals surface area contributed by atoms with Crippen molar-refractivity contribution in [3.8, 4) is 0 Å². The van der Waals surface area contributed by atoms with E-state index in [0.29, 0.717) is 5.82 Å². The minimum atomic E-state index is -0.419. The van der Waals surface area contributed by atoms with Crippen LogP contribution in [0.25, 0.3) is 0 Å². The van der Waals surface area contributed by atoms with Gasteiger partial charge in [-0.2, -0.15) is 5.10 Å². The van der Waals surface area contributed by atoms with Crippen molar-refractivity contribution in [2.45, 2.75) is 19.4 Å². The van der Waals surface area contributed by atoms with E-state index in [0.717, 1.165) is 17.8 Å². The van der Waals surface area contributed by atoms with Gasteiger partial charge in [0.1, 0.15) is 11.6 Å². The van der Waals surface area contributed by atoms with Crippen molar-refractivity contribution in [3.05, 3.63) is 47.3 Å². The first-order valence-electron chi connectivity index (χ1n) is 5.13. The van der Waals surface area contributed by atoms with E-state index in [1.807, 2.05) is 6.92 Å². The van der Waals surface area contributed by atoms with Gasteiger partial charge in [-0.15, -0.1) is 0 Å². The average molecular weight is 220 g/mol. The maximum absolute atomic E-state index is 12.7. The fraction of sp³-hybridized carbons (Fsp3) is 0.273. The topological polar surface area (TPSA) is 67.6 Å². The number of H-pyrrole nitrogens is 1. The van der Waals surface area contributed by atoms with E-state index >= 15 is 0 Å². The second-order valence-electron chi connectivity index (χ2n) is 3.52. The van der Waals surface area contributed by atoms with Crippen molar-refractivity contribution >= 4 is 0 Å². The van der Waals surface area contributed by atoms with E-state index in [2.05, 4.69) is 15.2 Å². The molecule has 0 saturated carbocycles. The van der Waals surface area contributed by atoms with E-state index in [-0.39, 0.29) is 5.82 Å². The summed E-state index contributed by atoms with van der Waals surface area (Å²) in [5.74, 6) is 1.05. The third-order valence-corrected chi connectivity index (χ3v) is 2.39. The number of hydrogen-bond acceptors (Lipinski definition) is 3. The van der Waals surface area contributed by atoms with Crippen molar-refractivity contribution < 1.29 is 4.39 Å². The summed E-state index contributed by atoms with van der Waals surface area (Å²) in [6.45, 7) is 1.98. The monoisotopic (exact) mass is 220 g/mol. The van der Waals surface area contributed by atoms with Gasteiger partial charge in [0.05, 0.1) is 6.04 Å². The van der Waals surface area contributed by atoms with E-state index in [4.69, 9.17) is 5.73 Å². The molecule has 0 radical (unpaired) electrons. The number of halogens is 1. The van der Waals surface area contributed by atoms with Gasteiger partial charge < -0.3 is 5.73 Å². The summed E-state index contributed by atoms with van der Waals surface area (Å²) in [5.41, 5.74) is 6.76. The normalized spacial score (nSPS) is 12.7. The SMILES string of the molecule is CCc1nc([C@H](N)c2ccc(F)cc2)n[nH]1. The van der Waals surface area contributed by atoms with E-state index < -0.39 is 6.04 Å². The third kappa shape index (κ3) is 2.09. The zero-order chi connectivity index (χ0) is 11.5. The zero-order valence-electron chi connectivity index (χ0n) is 8.94. The Balaban J connectivity index is 2.24. The van der Waals surface area contributed by atoms with Crippen LogP contribution >= 0.6 is 0 Å². The first-order chi connectivity index (χ1) is 7.70. The Kier molecular flexibility index (Phi) is 2.96. The Morgan fingerprint density at radius 2 is 2.06 bits per heavy atom. The van der Waals surface area contributed by atoms with Gasteiger partial charge in [0.25, 0.3) is 0 Å². The Morgan fingerprint density at radius 3 is 2.62 bits per heavy atom. The van der Waals surface area contributed by atoms with Crippen LogP contribution in [0.5, 0.6) is 0 Å². The van der Waals surface area contributed by atoms with Crippen molar-refractivity contribution in [2.24, 2.45) is 5.73 Å². The number of aromatic amines is 1. The molecular formula is C11H13FN4. The fourth-order valence-corrected chi connectivity index (χ4v) is 1.43. The van der Waals surface area contributed by atoms with Gasteiger partial charge in [-0.3, -0.25) is 5.10 Å². The van der Waals surface area contributed by atoms with Crippen molar-refractivity contribution in [1.82, 2.24) is 15.2 Å². The van der Waals surface area contributed by atoms with Crippen LogP contribution in [0.4, 0.5) is 4.39 Å². The number of aryl methyl sites for hydroxylation is 1. The predicted molar refractivity (Wildman–Crippen MR) is 58.2 cm³/mol. The standard InChI is InChI=1S/C11H13FN4/c1-2-9-14-11(16-15-9)10(13)7-3-5-8(12)6-4-7/h3-6,10H,2,13H2,1H3,(H,14,15,16)/t10-/m1/s1. The largest absolute Gasteiger partial charge is 0.318 e. The Bertz CT molecular complexity index is 463. The molecule has 2 rings (SSSR count). The zero-order valence-corrected chi connectivity index (χ0v) is 8.94. The average Bonchev–Trinajstić information content (AvgIpc) is 2.77. The summed E-state index contributed by atoms with van der Waals surface area (Å²) in [6, 6.07) is 5.62. The highest BCUT2D eigenvalue weighted by Crippen LogP contribution is 2.16. The van der Waals surface area contributed by atoms with E-state index in [1.54, 1.807) is 12.1 Å². The van der Waals surface area contributed by atoms with Gasteiger partial charge in [-0.1, -0.05) is 19.1 Å². The number of hydrogen-bond donors (Lipinski definition) is 2. The van der Waals surface area contributed by atoms with Crippen molar-refractivity contribution in [2.75, 3.05) is 0 Å². The molecule has 5 heteroatoms. The first kappa shape index (κ1) is 10.8. The molecule has 16 heavy (non-hydrogen) atoms. The molecule has 0 aliphatic carbocycles. The summed E-state index contributed by atoms with van der Waals surface area (Å²) in [7, 11) is 0. The highest BCUT2D eigenvalue weighted by Gasteiger charge is 2.13. The molecule has 1 atom stereocenters. The van der Waals surface area contributed by atoms with Gasteiger partial charge >= 0.3 is 0 Å². The fourth-order valence-electron chi connectivity index (χ4n) is 1.43. The third-order valence-electron chi connectivity index (χ3n) is 2.39. The van der Waals surface area contributed by atoms with Crippen LogP contribution in [-0.4, -0.2) is 15.2 Å². The van der Waals surface area contributed by atoms with E-state index in [1.165, 1.54) is 12.1 Å². The van der Waals surface area contributed by atoms with Crippen LogP contribution in [0.2, 0.25) is 0 Å².